The number of piperazine rings is 1. The van der Waals surface area contributed by atoms with E-state index in [4.69, 9.17) is 28.6 Å². The fraction of sp³-hybridized carbons (Fsp3) is 0.348. The molecule has 1 heterocycles. The molecule has 1 aliphatic heterocycles. The van der Waals surface area contributed by atoms with Gasteiger partial charge in [-0.15, -0.1) is 0 Å². The van der Waals surface area contributed by atoms with Gasteiger partial charge >= 0.3 is 0 Å². The first-order valence-electron chi connectivity index (χ1n) is 10.5. The highest BCUT2D eigenvalue weighted by Gasteiger charge is 2.21. The molecule has 7 nitrogen and oxygen atoms in total. The van der Waals surface area contributed by atoms with E-state index in [1.165, 1.54) is 0 Å². The minimum absolute atomic E-state index is 0.140. The molecule has 0 radical (unpaired) electrons. The molecule has 3 rings (SSSR count). The van der Waals surface area contributed by atoms with E-state index in [1.54, 1.807) is 6.07 Å². The van der Waals surface area contributed by atoms with Crippen LogP contribution in [0.4, 0.5) is 11.4 Å². The van der Waals surface area contributed by atoms with Crippen molar-refractivity contribution in [2.45, 2.75) is 20.3 Å². The fourth-order valence-electron chi connectivity index (χ4n) is 3.45. The van der Waals surface area contributed by atoms with Crippen LogP contribution in [0.25, 0.3) is 0 Å². The van der Waals surface area contributed by atoms with E-state index in [2.05, 4.69) is 15.5 Å². The third-order valence-corrected chi connectivity index (χ3v) is 5.69. The van der Waals surface area contributed by atoms with Crippen molar-refractivity contribution in [3.8, 4) is 5.75 Å². The lowest BCUT2D eigenvalue weighted by Crippen LogP contribution is -2.48. The second-order valence-corrected chi connectivity index (χ2v) is 8.26. The molecule has 32 heavy (non-hydrogen) atoms. The summed E-state index contributed by atoms with van der Waals surface area (Å²) in [5.74, 6) is 0.479. The maximum Gasteiger partial charge on any atom is 0.264 e. The van der Waals surface area contributed by atoms with Gasteiger partial charge in [-0.2, -0.15) is 0 Å². The van der Waals surface area contributed by atoms with Crippen LogP contribution in [0, 0.1) is 6.92 Å². The van der Waals surface area contributed by atoms with E-state index in [0.717, 1.165) is 24.3 Å². The van der Waals surface area contributed by atoms with E-state index in [1.807, 2.05) is 55.1 Å². The summed E-state index contributed by atoms with van der Waals surface area (Å²) < 4.78 is 5.53. The third kappa shape index (κ3) is 6.34. The second-order valence-electron chi connectivity index (χ2n) is 7.44. The number of para-hydroxylation sites is 1. The van der Waals surface area contributed by atoms with Gasteiger partial charge in [-0.25, -0.2) is 0 Å². The SMILES string of the molecule is CCC(=O)N1CCN(c2ccc(NC(=S)NC(=O)COc3ccccc3C)cc2Cl)CC1. The number of hydrogen-bond donors (Lipinski definition) is 2. The first kappa shape index (κ1) is 23.8. The minimum atomic E-state index is -0.354. The molecule has 0 aliphatic carbocycles. The van der Waals surface area contributed by atoms with Gasteiger partial charge in [-0.1, -0.05) is 36.7 Å². The van der Waals surface area contributed by atoms with Gasteiger partial charge in [0.05, 0.1) is 10.7 Å². The maximum atomic E-state index is 12.1. The van der Waals surface area contributed by atoms with E-state index in [-0.39, 0.29) is 23.5 Å². The lowest BCUT2D eigenvalue weighted by atomic mass is 10.2. The summed E-state index contributed by atoms with van der Waals surface area (Å²) in [5, 5.41) is 6.31. The Labute approximate surface area is 198 Å². The molecule has 170 valence electrons. The van der Waals surface area contributed by atoms with Crippen molar-refractivity contribution in [3.63, 3.8) is 0 Å². The number of nitrogens with one attached hydrogen (secondary N) is 2. The highest BCUT2D eigenvalue weighted by atomic mass is 35.5. The average Bonchev–Trinajstić information content (AvgIpc) is 2.78. The molecular formula is C23H27ClN4O3S. The molecule has 0 bridgehead atoms. The van der Waals surface area contributed by atoms with Gasteiger partial charge in [0.15, 0.2) is 11.7 Å². The number of anilines is 2. The van der Waals surface area contributed by atoms with Gasteiger partial charge in [0.2, 0.25) is 5.91 Å². The summed E-state index contributed by atoms with van der Waals surface area (Å²) in [4.78, 5) is 28.0. The predicted octanol–water partition coefficient (Wildman–Crippen LogP) is 3.60. The molecule has 1 saturated heterocycles. The zero-order chi connectivity index (χ0) is 23.1. The maximum absolute atomic E-state index is 12.1. The smallest absolute Gasteiger partial charge is 0.264 e. The Hall–Kier alpha value is -2.84. The zero-order valence-electron chi connectivity index (χ0n) is 18.2. The third-order valence-electron chi connectivity index (χ3n) is 5.19. The Kier molecular flexibility index (Phi) is 8.30. The van der Waals surface area contributed by atoms with Crippen molar-refractivity contribution in [1.29, 1.82) is 0 Å². The van der Waals surface area contributed by atoms with Crippen molar-refractivity contribution < 1.29 is 14.3 Å². The number of aryl methyl sites for hydroxylation is 1. The quantitative estimate of drug-likeness (QED) is 0.623. The second kappa shape index (κ2) is 11.2. The molecule has 0 unspecified atom stereocenters. The van der Waals surface area contributed by atoms with Crippen LogP contribution in [0.2, 0.25) is 5.02 Å². The Bertz CT molecular complexity index is 993. The molecule has 2 aromatic rings. The summed E-state index contributed by atoms with van der Waals surface area (Å²) in [6.45, 7) is 6.48. The Morgan fingerprint density at radius 3 is 2.50 bits per heavy atom. The molecule has 1 aliphatic rings. The van der Waals surface area contributed by atoms with Crippen LogP contribution >= 0.6 is 23.8 Å². The van der Waals surface area contributed by atoms with Crippen molar-refractivity contribution in [2.24, 2.45) is 0 Å². The van der Waals surface area contributed by atoms with Crippen molar-refractivity contribution in [3.05, 3.63) is 53.1 Å². The van der Waals surface area contributed by atoms with Crippen LogP contribution in [0.5, 0.6) is 5.75 Å². The largest absolute Gasteiger partial charge is 0.483 e. The number of halogens is 1. The van der Waals surface area contributed by atoms with Crippen molar-refractivity contribution in [2.75, 3.05) is 43.0 Å². The highest BCUT2D eigenvalue weighted by Crippen LogP contribution is 2.29. The van der Waals surface area contributed by atoms with Crippen LogP contribution in [0.1, 0.15) is 18.9 Å². The van der Waals surface area contributed by atoms with E-state index in [9.17, 15) is 9.59 Å². The number of amides is 2. The number of ether oxygens (including phenoxy) is 1. The molecule has 9 heteroatoms. The zero-order valence-corrected chi connectivity index (χ0v) is 19.8. The molecule has 2 aromatic carbocycles. The van der Waals surface area contributed by atoms with Gasteiger partial charge in [0, 0.05) is 38.3 Å². The van der Waals surface area contributed by atoms with Gasteiger partial charge in [0.1, 0.15) is 5.75 Å². The summed E-state index contributed by atoms with van der Waals surface area (Å²) in [5.41, 5.74) is 2.53. The van der Waals surface area contributed by atoms with Gasteiger partial charge in [-0.3, -0.25) is 14.9 Å². The van der Waals surface area contributed by atoms with E-state index in [0.29, 0.717) is 36.0 Å². The fourth-order valence-corrected chi connectivity index (χ4v) is 3.98. The van der Waals surface area contributed by atoms with Gasteiger partial charge in [-0.05, 0) is 49.0 Å². The standard InChI is InChI=1S/C23H27ClN4O3S/c1-3-22(30)28-12-10-27(11-13-28)19-9-8-17(14-18(19)24)25-23(32)26-21(29)15-31-20-7-5-4-6-16(20)2/h4-9,14H,3,10-13,15H2,1-2H3,(H2,25,26,29,32). The Morgan fingerprint density at radius 2 is 1.84 bits per heavy atom. The predicted molar refractivity (Wildman–Crippen MR) is 132 cm³/mol. The van der Waals surface area contributed by atoms with Crippen LogP contribution in [-0.2, 0) is 9.59 Å². The molecule has 2 amide bonds. The minimum Gasteiger partial charge on any atom is -0.483 e. The molecular weight excluding hydrogens is 448 g/mol. The van der Waals surface area contributed by atoms with Crippen LogP contribution in [0.3, 0.4) is 0 Å². The van der Waals surface area contributed by atoms with Gasteiger partial charge in [0.25, 0.3) is 5.91 Å². The molecule has 0 atom stereocenters. The number of thiocarbonyl (C=S) groups is 1. The van der Waals surface area contributed by atoms with Crippen LogP contribution < -0.4 is 20.3 Å². The summed E-state index contributed by atoms with van der Waals surface area (Å²) in [7, 11) is 0. The molecule has 1 fully saturated rings. The monoisotopic (exact) mass is 474 g/mol. The van der Waals surface area contributed by atoms with Crippen molar-refractivity contribution in [1.82, 2.24) is 10.2 Å². The Balaban J connectivity index is 1.49. The Morgan fingerprint density at radius 1 is 1.12 bits per heavy atom. The average molecular weight is 475 g/mol. The van der Waals surface area contributed by atoms with Gasteiger partial charge < -0.3 is 19.9 Å². The van der Waals surface area contributed by atoms with Crippen molar-refractivity contribution >= 4 is 52.1 Å². The van der Waals surface area contributed by atoms with Crippen LogP contribution in [-0.4, -0.2) is 54.6 Å². The molecule has 0 spiro atoms. The molecule has 0 saturated carbocycles. The lowest BCUT2D eigenvalue weighted by Gasteiger charge is -2.36. The number of carbonyl (C=O) groups is 2. The summed E-state index contributed by atoms with van der Waals surface area (Å²) in [6, 6.07) is 13.0. The number of hydrogen-bond acceptors (Lipinski definition) is 5. The molecule has 2 N–H and O–H groups in total. The topological polar surface area (TPSA) is 73.9 Å². The summed E-state index contributed by atoms with van der Waals surface area (Å²) in [6.07, 6.45) is 0.523. The first-order chi connectivity index (χ1) is 15.4. The van der Waals surface area contributed by atoms with E-state index >= 15 is 0 Å². The highest BCUT2D eigenvalue weighted by molar-refractivity contribution is 7.80. The normalized spacial score (nSPS) is 13.5. The molecule has 0 aromatic heterocycles. The van der Waals surface area contributed by atoms with Crippen LogP contribution in [0.15, 0.2) is 42.5 Å². The lowest BCUT2D eigenvalue weighted by molar-refractivity contribution is -0.131. The first-order valence-corrected chi connectivity index (χ1v) is 11.3. The number of benzene rings is 2. The number of carbonyl (C=O) groups excluding carboxylic acids is 2. The summed E-state index contributed by atoms with van der Waals surface area (Å²) >= 11 is 11.7. The number of rotatable bonds is 6. The van der Waals surface area contributed by atoms with E-state index < -0.39 is 0 Å². The number of nitrogens with zero attached hydrogens (tertiary/aromatic N) is 2.